The van der Waals surface area contributed by atoms with Crippen molar-refractivity contribution in [3.05, 3.63) is 23.6 Å². The van der Waals surface area contributed by atoms with E-state index in [9.17, 15) is 9.18 Å². The number of nitrogens with one attached hydrogen (secondary N) is 1. The van der Waals surface area contributed by atoms with Crippen LogP contribution in [0.25, 0.3) is 0 Å². The second-order valence-electron chi connectivity index (χ2n) is 5.17. The Morgan fingerprint density at radius 3 is 2.90 bits per heavy atom. The first-order valence-corrected chi connectivity index (χ1v) is 6.91. The highest BCUT2D eigenvalue weighted by Gasteiger charge is 2.19. The number of carboxylic acid groups (broad SMARTS) is 1. The fourth-order valence-corrected chi connectivity index (χ4v) is 2.61. The van der Waals surface area contributed by atoms with Gasteiger partial charge in [0.15, 0.2) is 11.6 Å². The van der Waals surface area contributed by atoms with Gasteiger partial charge in [-0.25, -0.2) is 14.2 Å². The van der Waals surface area contributed by atoms with Crippen LogP contribution in [0.2, 0.25) is 0 Å². The van der Waals surface area contributed by atoms with E-state index in [-0.39, 0.29) is 11.4 Å². The molecule has 2 rings (SSSR count). The zero-order valence-corrected chi connectivity index (χ0v) is 11.6. The molecule has 2 N–H and O–H groups in total. The third-order valence-electron chi connectivity index (χ3n) is 3.82. The minimum absolute atomic E-state index is 0.00437. The fraction of sp³-hybridized carbons (Fsp3) is 0.571. The van der Waals surface area contributed by atoms with Crippen molar-refractivity contribution in [1.29, 1.82) is 0 Å². The smallest absolute Gasteiger partial charge is 0.338 e. The van der Waals surface area contributed by atoms with Gasteiger partial charge in [0.05, 0.1) is 0 Å². The van der Waals surface area contributed by atoms with Crippen LogP contribution in [0.1, 0.15) is 36.0 Å². The van der Waals surface area contributed by atoms with Crippen molar-refractivity contribution in [2.24, 2.45) is 0 Å². The predicted molar refractivity (Wildman–Crippen MR) is 74.5 cm³/mol. The first-order valence-electron chi connectivity index (χ1n) is 6.91. The minimum Gasteiger partial charge on any atom is -0.478 e. The molecule has 5 nitrogen and oxygen atoms in total. The largest absolute Gasteiger partial charge is 0.478 e. The molecule has 0 amide bonds. The van der Waals surface area contributed by atoms with Crippen molar-refractivity contribution in [2.75, 3.05) is 25.5 Å². The number of carbonyl (C=O) groups is 1. The normalized spacial score (nSPS) is 15.8. The summed E-state index contributed by atoms with van der Waals surface area (Å²) < 4.78 is 13.8. The number of rotatable bonds is 6. The first-order chi connectivity index (χ1) is 9.59. The van der Waals surface area contributed by atoms with E-state index < -0.39 is 11.8 Å². The summed E-state index contributed by atoms with van der Waals surface area (Å²) in [5.74, 6) is -2.08. The molecule has 0 aromatic carbocycles. The Morgan fingerprint density at radius 1 is 1.55 bits per heavy atom. The van der Waals surface area contributed by atoms with Crippen LogP contribution in [0.4, 0.5) is 10.2 Å². The van der Waals surface area contributed by atoms with Crippen LogP contribution in [-0.4, -0.2) is 47.1 Å². The van der Waals surface area contributed by atoms with Gasteiger partial charge in [-0.3, -0.25) is 0 Å². The molecule has 0 atom stereocenters. The average molecular weight is 281 g/mol. The molecule has 0 unspecified atom stereocenters. The summed E-state index contributed by atoms with van der Waals surface area (Å²) in [4.78, 5) is 16.9. The number of aromatic nitrogens is 1. The lowest BCUT2D eigenvalue weighted by molar-refractivity contribution is 0.0692. The number of pyridine rings is 1. The van der Waals surface area contributed by atoms with Gasteiger partial charge in [0.25, 0.3) is 0 Å². The van der Waals surface area contributed by atoms with Crippen molar-refractivity contribution in [2.45, 2.75) is 31.7 Å². The molecule has 110 valence electrons. The lowest BCUT2D eigenvalue weighted by Gasteiger charge is -2.24. The second-order valence-corrected chi connectivity index (χ2v) is 5.17. The van der Waals surface area contributed by atoms with E-state index in [1.54, 1.807) is 0 Å². The average Bonchev–Trinajstić information content (AvgIpc) is 2.94. The van der Waals surface area contributed by atoms with Crippen LogP contribution >= 0.6 is 0 Å². The number of anilines is 1. The summed E-state index contributed by atoms with van der Waals surface area (Å²) in [6.45, 7) is 1.32. The highest BCUT2D eigenvalue weighted by molar-refractivity contribution is 5.88. The van der Waals surface area contributed by atoms with Crippen molar-refractivity contribution in [3.63, 3.8) is 0 Å². The quantitative estimate of drug-likeness (QED) is 0.837. The summed E-state index contributed by atoms with van der Waals surface area (Å²) in [6, 6.07) is 1.77. The van der Waals surface area contributed by atoms with Gasteiger partial charge >= 0.3 is 5.97 Å². The summed E-state index contributed by atoms with van der Waals surface area (Å²) in [5, 5.41) is 11.7. The van der Waals surface area contributed by atoms with E-state index >= 15 is 0 Å². The van der Waals surface area contributed by atoms with Gasteiger partial charge in [-0.1, -0.05) is 12.8 Å². The Morgan fingerprint density at radius 2 is 2.25 bits per heavy atom. The lowest BCUT2D eigenvalue weighted by atomic mass is 10.2. The molecule has 1 fully saturated rings. The molecule has 1 aromatic rings. The Labute approximate surface area is 117 Å². The molecule has 1 saturated carbocycles. The SMILES string of the molecule is CN(CCNc1nccc(C(=O)O)c1F)C1CCCC1. The third-order valence-corrected chi connectivity index (χ3v) is 3.82. The van der Waals surface area contributed by atoms with Crippen LogP contribution in [-0.2, 0) is 0 Å². The second kappa shape index (κ2) is 6.65. The minimum atomic E-state index is -1.28. The Bertz CT molecular complexity index is 475. The molecular formula is C14H20FN3O2. The Balaban J connectivity index is 1.87. The Kier molecular flexibility index (Phi) is 4.89. The molecule has 0 spiro atoms. The van der Waals surface area contributed by atoms with E-state index in [0.29, 0.717) is 12.6 Å². The van der Waals surface area contributed by atoms with Crippen molar-refractivity contribution >= 4 is 11.8 Å². The molecule has 1 aliphatic carbocycles. The van der Waals surface area contributed by atoms with Gasteiger partial charge in [0.1, 0.15) is 5.56 Å². The zero-order chi connectivity index (χ0) is 14.5. The maximum Gasteiger partial charge on any atom is 0.338 e. The van der Waals surface area contributed by atoms with Crippen LogP contribution in [0, 0.1) is 5.82 Å². The number of nitrogens with zero attached hydrogens (tertiary/aromatic N) is 2. The fourth-order valence-electron chi connectivity index (χ4n) is 2.61. The van der Waals surface area contributed by atoms with Gasteiger partial charge in [0, 0.05) is 25.3 Å². The number of hydrogen-bond donors (Lipinski definition) is 2. The van der Waals surface area contributed by atoms with E-state index in [4.69, 9.17) is 5.11 Å². The molecule has 1 aliphatic rings. The summed E-state index contributed by atoms with van der Waals surface area (Å²) in [6.07, 6.45) is 6.29. The number of hydrogen-bond acceptors (Lipinski definition) is 4. The van der Waals surface area contributed by atoms with Crippen LogP contribution < -0.4 is 5.32 Å². The topological polar surface area (TPSA) is 65.5 Å². The van der Waals surface area contributed by atoms with E-state index in [1.165, 1.54) is 31.9 Å². The maximum absolute atomic E-state index is 13.8. The van der Waals surface area contributed by atoms with Gasteiger partial charge < -0.3 is 15.3 Å². The highest BCUT2D eigenvalue weighted by atomic mass is 19.1. The molecule has 1 aromatic heterocycles. The molecule has 0 aliphatic heterocycles. The number of halogens is 1. The van der Waals surface area contributed by atoms with E-state index in [0.717, 1.165) is 12.6 Å². The van der Waals surface area contributed by atoms with Gasteiger partial charge in [-0.15, -0.1) is 0 Å². The molecule has 1 heterocycles. The van der Waals surface area contributed by atoms with Crippen molar-refractivity contribution < 1.29 is 14.3 Å². The monoisotopic (exact) mass is 281 g/mol. The van der Waals surface area contributed by atoms with Gasteiger partial charge in [-0.2, -0.15) is 0 Å². The van der Waals surface area contributed by atoms with Crippen LogP contribution in [0.5, 0.6) is 0 Å². The van der Waals surface area contributed by atoms with E-state index in [1.807, 2.05) is 0 Å². The number of aromatic carboxylic acids is 1. The highest BCUT2D eigenvalue weighted by Crippen LogP contribution is 2.22. The molecule has 0 bridgehead atoms. The van der Waals surface area contributed by atoms with Gasteiger partial charge in [-0.05, 0) is 26.0 Å². The summed E-state index contributed by atoms with van der Waals surface area (Å²) in [7, 11) is 2.06. The van der Waals surface area contributed by atoms with Crippen LogP contribution in [0.3, 0.4) is 0 Å². The standard InChI is InChI=1S/C14H20FN3O2/c1-18(10-4-2-3-5-10)9-8-17-13-12(15)11(14(19)20)6-7-16-13/h6-7,10H,2-5,8-9H2,1H3,(H,16,17)(H,19,20). The number of likely N-dealkylation sites (N-methyl/N-ethyl adjacent to an activating group) is 1. The van der Waals surface area contributed by atoms with Gasteiger partial charge in [0.2, 0.25) is 0 Å². The van der Waals surface area contributed by atoms with Crippen LogP contribution in [0.15, 0.2) is 12.3 Å². The summed E-state index contributed by atoms with van der Waals surface area (Å²) in [5.41, 5.74) is -0.355. The maximum atomic E-state index is 13.8. The first kappa shape index (κ1) is 14.7. The molecule has 0 saturated heterocycles. The predicted octanol–water partition coefficient (Wildman–Crippen LogP) is 2.21. The third kappa shape index (κ3) is 3.45. The zero-order valence-electron chi connectivity index (χ0n) is 11.6. The molecular weight excluding hydrogens is 261 g/mol. The molecule has 6 heteroatoms. The Hall–Kier alpha value is -1.69. The van der Waals surface area contributed by atoms with E-state index in [2.05, 4.69) is 22.2 Å². The lowest BCUT2D eigenvalue weighted by Crippen LogP contribution is -2.33. The van der Waals surface area contributed by atoms with Crippen molar-refractivity contribution in [3.8, 4) is 0 Å². The number of carboxylic acids is 1. The summed E-state index contributed by atoms with van der Waals surface area (Å²) >= 11 is 0. The molecule has 0 radical (unpaired) electrons. The van der Waals surface area contributed by atoms with Crippen molar-refractivity contribution in [1.82, 2.24) is 9.88 Å². The molecule has 20 heavy (non-hydrogen) atoms.